The molecule has 3 rings (SSSR count). The van der Waals surface area contributed by atoms with Crippen molar-refractivity contribution < 1.29 is 10.0 Å². The van der Waals surface area contributed by atoms with Crippen LogP contribution in [0.25, 0.3) is 10.9 Å². The van der Waals surface area contributed by atoms with E-state index in [1.807, 2.05) is 11.0 Å². The van der Waals surface area contributed by atoms with Crippen LogP contribution in [0.15, 0.2) is 30.5 Å². The smallest absolute Gasteiger partial charge is 0.301 e. The molecule has 1 atom stereocenters. The minimum absolute atomic E-state index is 0.110. The van der Waals surface area contributed by atoms with E-state index < -0.39 is 0 Å². The van der Waals surface area contributed by atoms with E-state index in [-0.39, 0.29) is 23.1 Å². The molecular formula is C15H17N3O3. The molecule has 2 aromatic rings. The topological polar surface area (TPSA) is 79.5 Å². The van der Waals surface area contributed by atoms with Crippen LogP contribution in [0.1, 0.15) is 12.8 Å². The summed E-state index contributed by atoms with van der Waals surface area (Å²) in [4.78, 5) is 17.4. The highest BCUT2D eigenvalue weighted by atomic mass is 16.6. The molecule has 1 fully saturated rings. The zero-order valence-electron chi connectivity index (χ0n) is 11.6. The molecule has 0 radical (unpaired) electrons. The van der Waals surface area contributed by atoms with Crippen LogP contribution in [-0.4, -0.2) is 34.7 Å². The van der Waals surface area contributed by atoms with Crippen molar-refractivity contribution in [1.82, 2.24) is 4.98 Å². The number of nitrogens with zero attached hydrogens (tertiary/aromatic N) is 3. The molecule has 6 heteroatoms. The predicted molar refractivity (Wildman–Crippen MR) is 80.4 cm³/mol. The molecule has 0 saturated carbocycles. The fourth-order valence-corrected chi connectivity index (χ4v) is 3.01. The highest BCUT2D eigenvalue weighted by Crippen LogP contribution is 2.36. The van der Waals surface area contributed by atoms with E-state index in [4.69, 9.17) is 0 Å². The Hall–Kier alpha value is -2.21. The molecule has 110 valence electrons. The summed E-state index contributed by atoms with van der Waals surface area (Å²) in [6.07, 6.45) is 3.54. The Kier molecular flexibility index (Phi) is 3.70. The van der Waals surface area contributed by atoms with Crippen LogP contribution in [-0.2, 0) is 0 Å². The Balaban J connectivity index is 2.09. The van der Waals surface area contributed by atoms with Crippen molar-refractivity contribution in [2.24, 2.45) is 5.92 Å². The number of aliphatic hydroxyl groups is 1. The summed E-state index contributed by atoms with van der Waals surface area (Å²) in [5.74, 6) is 0.183. The van der Waals surface area contributed by atoms with E-state index in [0.29, 0.717) is 23.1 Å². The first-order valence-corrected chi connectivity index (χ1v) is 7.08. The number of rotatable bonds is 3. The molecule has 6 nitrogen and oxygen atoms in total. The molecule has 0 amide bonds. The van der Waals surface area contributed by atoms with Crippen molar-refractivity contribution in [1.29, 1.82) is 0 Å². The number of nitro benzene ring substituents is 1. The van der Waals surface area contributed by atoms with Crippen molar-refractivity contribution in [3.63, 3.8) is 0 Å². The standard InChI is InChI=1S/C15H17N3O3/c19-10-11-3-2-8-17(9-11)14-6-5-13-12(4-1-7-16-13)15(14)18(20)21/h1,4-7,11,19H,2-3,8-10H2. The highest BCUT2D eigenvalue weighted by Gasteiger charge is 2.27. The molecule has 2 heterocycles. The van der Waals surface area contributed by atoms with Crippen LogP contribution in [0.2, 0.25) is 0 Å². The molecule has 1 unspecified atom stereocenters. The van der Waals surface area contributed by atoms with Crippen LogP contribution in [0.3, 0.4) is 0 Å². The fourth-order valence-electron chi connectivity index (χ4n) is 3.01. The Bertz CT molecular complexity index is 674. The van der Waals surface area contributed by atoms with E-state index in [2.05, 4.69) is 4.98 Å². The summed E-state index contributed by atoms with van der Waals surface area (Å²) in [5.41, 5.74) is 1.36. The van der Waals surface area contributed by atoms with Gasteiger partial charge in [0.15, 0.2) is 0 Å². The van der Waals surface area contributed by atoms with E-state index in [1.165, 1.54) is 0 Å². The zero-order chi connectivity index (χ0) is 14.8. The van der Waals surface area contributed by atoms with Gasteiger partial charge in [0.2, 0.25) is 0 Å². The molecule has 21 heavy (non-hydrogen) atoms. The molecular weight excluding hydrogens is 270 g/mol. The van der Waals surface area contributed by atoms with Crippen molar-refractivity contribution in [3.05, 3.63) is 40.6 Å². The van der Waals surface area contributed by atoms with Gasteiger partial charge in [-0.1, -0.05) is 0 Å². The van der Waals surface area contributed by atoms with Crippen molar-refractivity contribution in [2.45, 2.75) is 12.8 Å². The first-order valence-electron chi connectivity index (χ1n) is 7.08. The molecule has 0 bridgehead atoms. The third-order valence-corrected chi connectivity index (χ3v) is 4.04. The van der Waals surface area contributed by atoms with Gasteiger partial charge in [0.1, 0.15) is 5.69 Å². The van der Waals surface area contributed by atoms with Gasteiger partial charge in [-0.15, -0.1) is 0 Å². The average molecular weight is 287 g/mol. The Morgan fingerprint density at radius 3 is 3.05 bits per heavy atom. The van der Waals surface area contributed by atoms with Gasteiger partial charge < -0.3 is 10.0 Å². The summed E-state index contributed by atoms with van der Waals surface area (Å²) in [7, 11) is 0. The van der Waals surface area contributed by atoms with Crippen LogP contribution >= 0.6 is 0 Å². The quantitative estimate of drug-likeness (QED) is 0.692. The number of anilines is 1. The normalized spacial score (nSPS) is 18.9. The van der Waals surface area contributed by atoms with E-state index in [0.717, 1.165) is 19.4 Å². The predicted octanol–water partition coefficient (Wildman–Crippen LogP) is 2.35. The second-order valence-corrected chi connectivity index (χ2v) is 5.40. The number of fused-ring (bicyclic) bond motifs is 1. The zero-order valence-corrected chi connectivity index (χ0v) is 11.6. The third-order valence-electron chi connectivity index (χ3n) is 4.04. The van der Waals surface area contributed by atoms with Gasteiger partial charge in [-0.2, -0.15) is 0 Å². The summed E-state index contributed by atoms with van der Waals surface area (Å²) >= 11 is 0. The van der Waals surface area contributed by atoms with Crippen LogP contribution < -0.4 is 4.90 Å². The maximum absolute atomic E-state index is 11.5. The van der Waals surface area contributed by atoms with E-state index in [9.17, 15) is 15.2 Å². The Labute approximate surface area is 122 Å². The lowest BCUT2D eigenvalue weighted by Crippen LogP contribution is -2.37. The first-order chi connectivity index (χ1) is 10.2. The van der Waals surface area contributed by atoms with E-state index in [1.54, 1.807) is 24.4 Å². The number of benzene rings is 1. The molecule has 0 aliphatic carbocycles. The van der Waals surface area contributed by atoms with Gasteiger partial charge >= 0.3 is 5.69 Å². The number of nitro groups is 1. The number of pyridine rings is 1. The fraction of sp³-hybridized carbons (Fsp3) is 0.400. The maximum atomic E-state index is 11.5. The van der Waals surface area contributed by atoms with Crippen LogP contribution in [0.5, 0.6) is 0 Å². The minimum atomic E-state index is -0.331. The SMILES string of the molecule is O=[N+]([O-])c1c(N2CCCC(CO)C2)ccc2ncccc12. The van der Waals surface area contributed by atoms with Crippen molar-refractivity contribution in [3.8, 4) is 0 Å². The lowest BCUT2D eigenvalue weighted by molar-refractivity contribution is -0.382. The molecule has 0 spiro atoms. The van der Waals surface area contributed by atoms with Crippen molar-refractivity contribution >= 4 is 22.3 Å². The van der Waals surface area contributed by atoms with Crippen molar-refractivity contribution in [2.75, 3.05) is 24.6 Å². The number of aliphatic hydroxyl groups excluding tert-OH is 1. The highest BCUT2D eigenvalue weighted by molar-refractivity contribution is 5.94. The van der Waals surface area contributed by atoms with Gasteiger partial charge in [0, 0.05) is 25.9 Å². The van der Waals surface area contributed by atoms with Gasteiger partial charge in [0.25, 0.3) is 0 Å². The number of hydrogen-bond acceptors (Lipinski definition) is 5. The molecule has 1 aliphatic rings. The second kappa shape index (κ2) is 5.65. The van der Waals surface area contributed by atoms with Gasteiger partial charge in [0.05, 0.1) is 15.8 Å². The Morgan fingerprint density at radius 2 is 2.29 bits per heavy atom. The third kappa shape index (κ3) is 2.54. The van der Waals surface area contributed by atoms with Crippen LogP contribution in [0, 0.1) is 16.0 Å². The summed E-state index contributed by atoms with van der Waals surface area (Å²) < 4.78 is 0. The molecule has 1 aromatic heterocycles. The second-order valence-electron chi connectivity index (χ2n) is 5.40. The molecule has 1 aromatic carbocycles. The largest absolute Gasteiger partial charge is 0.396 e. The lowest BCUT2D eigenvalue weighted by Gasteiger charge is -2.33. The van der Waals surface area contributed by atoms with Gasteiger partial charge in [-0.05, 0) is 43.0 Å². The minimum Gasteiger partial charge on any atom is -0.396 e. The number of aromatic nitrogens is 1. The molecule has 1 N–H and O–H groups in total. The van der Waals surface area contributed by atoms with Gasteiger partial charge in [-0.25, -0.2) is 0 Å². The summed E-state index contributed by atoms with van der Waals surface area (Å²) in [6, 6.07) is 7.04. The molecule has 1 saturated heterocycles. The number of piperidine rings is 1. The molecule has 1 aliphatic heterocycles. The Morgan fingerprint density at radius 1 is 1.43 bits per heavy atom. The van der Waals surface area contributed by atoms with Gasteiger partial charge in [-0.3, -0.25) is 15.1 Å². The van der Waals surface area contributed by atoms with Crippen LogP contribution in [0.4, 0.5) is 11.4 Å². The number of hydrogen-bond donors (Lipinski definition) is 1. The maximum Gasteiger partial charge on any atom is 0.301 e. The summed E-state index contributed by atoms with van der Waals surface area (Å²) in [6.45, 7) is 1.56. The first kappa shape index (κ1) is 13.8. The lowest BCUT2D eigenvalue weighted by atomic mass is 9.98. The summed E-state index contributed by atoms with van der Waals surface area (Å²) in [5, 5.41) is 21.4. The van der Waals surface area contributed by atoms with E-state index >= 15 is 0 Å². The monoisotopic (exact) mass is 287 g/mol. The average Bonchev–Trinajstić information content (AvgIpc) is 2.53.